The predicted molar refractivity (Wildman–Crippen MR) is 141 cm³/mol. The molecule has 2 aliphatic heterocycles. The Kier molecular flexibility index (Phi) is 7.33. The third-order valence-corrected chi connectivity index (χ3v) is 9.59. The van der Waals surface area contributed by atoms with Gasteiger partial charge in [-0.05, 0) is 94.1 Å². The van der Waals surface area contributed by atoms with Crippen LogP contribution < -0.4 is 4.74 Å². The molecule has 2 aromatic carbocycles. The molecule has 190 valence electrons. The lowest BCUT2D eigenvalue weighted by Gasteiger charge is -2.32. The van der Waals surface area contributed by atoms with Crippen LogP contribution in [0.5, 0.6) is 5.75 Å². The van der Waals surface area contributed by atoms with Gasteiger partial charge in [0, 0.05) is 48.8 Å². The molecule has 5 rings (SSSR count). The van der Waals surface area contributed by atoms with E-state index in [-0.39, 0.29) is 10.9 Å². The molecule has 2 aliphatic rings. The van der Waals surface area contributed by atoms with Crippen molar-refractivity contribution < 1.29 is 13.2 Å². The van der Waals surface area contributed by atoms with Gasteiger partial charge in [-0.1, -0.05) is 0 Å². The maximum Gasteiger partial charge on any atom is 0.243 e. The molecule has 36 heavy (non-hydrogen) atoms. The first-order valence-electron chi connectivity index (χ1n) is 12.9. The SMILES string of the molecule is C[C@@H]1CCCN1CCCOc1ccc2c(ccn2C2CCN(S(=O)(=O)c3ccc(C#N)cc3)CC2)c1. The summed E-state index contributed by atoms with van der Waals surface area (Å²) >= 11 is 0. The number of fused-ring (bicyclic) bond motifs is 1. The van der Waals surface area contributed by atoms with Gasteiger partial charge in [0.15, 0.2) is 0 Å². The Hall–Kier alpha value is -2.86. The Labute approximate surface area is 213 Å². The normalized spacial score (nSPS) is 20.1. The molecule has 2 fully saturated rings. The number of nitrogens with zero attached hydrogens (tertiary/aromatic N) is 4. The second kappa shape index (κ2) is 10.6. The molecule has 3 aromatic rings. The number of piperidine rings is 1. The number of nitriles is 1. The molecule has 1 aromatic heterocycles. The van der Waals surface area contributed by atoms with Crippen molar-refractivity contribution in [1.82, 2.24) is 13.8 Å². The van der Waals surface area contributed by atoms with Crippen LogP contribution >= 0.6 is 0 Å². The summed E-state index contributed by atoms with van der Waals surface area (Å²) in [5.74, 6) is 0.901. The predicted octanol–water partition coefficient (Wildman–Crippen LogP) is 4.79. The average Bonchev–Trinajstić information content (AvgIpc) is 3.52. The summed E-state index contributed by atoms with van der Waals surface area (Å²) < 4.78 is 36.0. The maximum atomic E-state index is 13.0. The molecule has 0 unspecified atom stereocenters. The van der Waals surface area contributed by atoms with Crippen molar-refractivity contribution in [3.63, 3.8) is 0 Å². The zero-order valence-corrected chi connectivity index (χ0v) is 21.7. The number of sulfonamides is 1. The molecule has 0 N–H and O–H groups in total. The van der Waals surface area contributed by atoms with Gasteiger partial charge in [0.25, 0.3) is 0 Å². The summed E-state index contributed by atoms with van der Waals surface area (Å²) in [7, 11) is -3.55. The second-order valence-electron chi connectivity index (χ2n) is 9.94. The van der Waals surface area contributed by atoms with E-state index in [4.69, 9.17) is 10.00 Å². The highest BCUT2D eigenvalue weighted by molar-refractivity contribution is 7.89. The van der Waals surface area contributed by atoms with E-state index in [1.54, 1.807) is 16.4 Å². The summed E-state index contributed by atoms with van der Waals surface area (Å²) in [6, 6.07) is 17.5. The van der Waals surface area contributed by atoms with Crippen LogP contribution in [-0.2, 0) is 10.0 Å². The van der Waals surface area contributed by atoms with Gasteiger partial charge < -0.3 is 14.2 Å². The molecular weight excluding hydrogens is 472 g/mol. The summed E-state index contributed by atoms with van der Waals surface area (Å²) in [6.45, 7) is 6.29. The summed E-state index contributed by atoms with van der Waals surface area (Å²) in [5.41, 5.74) is 1.61. The van der Waals surface area contributed by atoms with E-state index < -0.39 is 10.0 Å². The molecule has 0 radical (unpaired) electrons. The first-order chi connectivity index (χ1) is 17.5. The summed E-state index contributed by atoms with van der Waals surface area (Å²) in [4.78, 5) is 2.79. The van der Waals surface area contributed by atoms with E-state index in [9.17, 15) is 8.42 Å². The van der Waals surface area contributed by atoms with E-state index in [0.29, 0.717) is 24.7 Å². The van der Waals surface area contributed by atoms with E-state index in [0.717, 1.165) is 49.1 Å². The fourth-order valence-electron chi connectivity index (χ4n) is 5.54. The van der Waals surface area contributed by atoms with Gasteiger partial charge in [-0.3, -0.25) is 0 Å². The highest BCUT2D eigenvalue weighted by atomic mass is 32.2. The second-order valence-corrected chi connectivity index (χ2v) is 11.9. The number of ether oxygens (including phenoxy) is 1. The van der Waals surface area contributed by atoms with E-state index in [1.165, 1.54) is 31.5 Å². The van der Waals surface area contributed by atoms with Crippen molar-refractivity contribution in [2.45, 2.75) is 56.0 Å². The van der Waals surface area contributed by atoms with E-state index in [1.807, 2.05) is 12.1 Å². The van der Waals surface area contributed by atoms with Gasteiger partial charge in [0.05, 0.1) is 23.1 Å². The zero-order chi connectivity index (χ0) is 25.1. The minimum atomic E-state index is -3.55. The monoisotopic (exact) mass is 506 g/mol. The molecule has 1 atom stereocenters. The topological polar surface area (TPSA) is 78.6 Å². The first-order valence-corrected chi connectivity index (χ1v) is 14.4. The molecule has 2 saturated heterocycles. The molecule has 3 heterocycles. The van der Waals surface area contributed by atoms with Gasteiger partial charge >= 0.3 is 0 Å². The lowest BCUT2D eigenvalue weighted by Crippen LogP contribution is -2.38. The highest BCUT2D eigenvalue weighted by Gasteiger charge is 2.30. The fourth-order valence-corrected chi connectivity index (χ4v) is 7.01. The first kappa shape index (κ1) is 24.8. The largest absolute Gasteiger partial charge is 0.494 e. The van der Waals surface area contributed by atoms with E-state index in [2.05, 4.69) is 40.8 Å². The van der Waals surface area contributed by atoms with Crippen LogP contribution in [0.2, 0.25) is 0 Å². The highest BCUT2D eigenvalue weighted by Crippen LogP contribution is 2.31. The molecule has 0 amide bonds. The fraction of sp³-hybridized carbons (Fsp3) is 0.464. The van der Waals surface area contributed by atoms with Crippen LogP contribution in [0, 0.1) is 11.3 Å². The van der Waals surface area contributed by atoms with Gasteiger partial charge in [0.1, 0.15) is 5.75 Å². The molecule has 8 heteroatoms. The lowest BCUT2D eigenvalue weighted by molar-refractivity contribution is 0.230. The molecular formula is C28H34N4O3S. The third-order valence-electron chi connectivity index (χ3n) is 7.68. The smallest absolute Gasteiger partial charge is 0.243 e. The van der Waals surface area contributed by atoms with Gasteiger partial charge in [-0.2, -0.15) is 9.57 Å². The number of hydrogen-bond acceptors (Lipinski definition) is 5. The zero-order valence-electron chi connectivity index (χ0n) is 20.8. The number of aromatic nitrogens is 1. The van der Waals surface area contributed by atoms with Crippen LogP contribution in [-0.4, -0.2) is 61.0 Å². The number of rotatable bonds is 8. The van der Waals surface area contributed by atoms with E-state index >= 15 is 0 Å². The van der Waals surface area contributed by atoms with Crippen LogP contribution in [0.1, 0.15) is 50.6 Å². The lowest BCUT2D eigenvalue weighted by atomic mass is 10.1. The molecule has 0 aliphatic carbocycles. The summed E-state index contributed by atoms with van der Waals surface area (Å²) in [5, 5.41) is 10.1. The minimum absolute atomic E-state index is 0.244. The van der Waals surface area contributed by atoms with Crippen molar-refractivity contribution in [1.29, 1.82) is 5.26 Å². The van der Waals surface area contributed by atoms with Crippen LogP contribution in [0.15, 0.2) is 59.6 Å². The average molecular weight is 507 g/mol. The molecule has 7 nitrogen and oxygen atoms in total. The molecule has 0 spiro atoms. The van der Waals surface area contributed by atoms with Gasteiger partial charge in [0.2, 0.25) is 10.0 Å². The Balaban J connectivity index is 1.17. The van der Waals surface area contributed by atoms with Crippen molar-refractivity contribution in [2.75, 3.05) is 32.8 Å². The number of likely N-dealkylation sites (tertiary alicyclic amines) is 1. The Morgan fingerprint density at radius 2 is 1.81 bits per heavy atom. The van der Waals surface area contributed by atoms with Crippen molar-refractivity contribution in [2.24, 2.45) is 0 Å². The van der Waals surface area contributed by atoms with Gasteiger partial charge in [-0.15, -0.1) is 0 Å². The quantitative estimate of drug-likeness (QED) is 0.411. The number of hydrogen-bond donors (Lipinski definition) is 0. The van der Waals surface area contributed by atoms with Crippen LogP contribution in [0.25, 0.3) is 10.9 Å². The summed E-state index contributed by atoms with van der Waals surface area (Å²) in [6.07, 6.45) is 7.27. The third kappa shape index (κ3) is 5.15. The Morgan fingerprint density at radius 1 is 1.03 bits per heavy atom. The number of benzene rings is 2. The van der Waals surface area contributed by atoms with Gasteiger partial charge in [-0.25, -0.2) is 8.42 Å². The Morgan fingerprint density at radius 3 is 2.50 bits per heavy atom. The molecule has 0 bridgehead atoms. The Bertz CT molecular complexity index is 1340. The maximum absolute atomic E-state index is 13.0. The molecule has 0 saturated carbocycles. The standard InChI is InChI=1S/C28H34N4O3S/c1-22-4-2-14-30(22)15-3-19-35-26-7-10-28-24(20-26)11-18-32(28)25-12-16-31(17-13-25)36(33,34)27-8-5-23(21-29)6-9-27/h5-11,18,20,22,25H,2-4,12-17,19H2,1H3/t22-/m1/s1. The van der Waals surface area contributed by atoms with Crippen LogP contribution in [0.4, 0.5) is 0 Å². The van der Waals surface area contributed by atoms with Crippen molar-refractivity contribution in [3.05, 3.63) is 60.3 Å². The van der Waals surface area contributed by atoms with Crippen molar-refractivity contribution in [3.8, 4) is 11.8 Å². The minimum Gasteiger partial charge on any atom is -0.494 e. The van der Waals surface area contributed by atoms with Crippen molar-refractivity contribution >= 4 is 20.9 Å². The van der Waals surface area contributed by atoms with Crippen LogP contribution in [0.3, 0.4) is 0 Å².